The number of halogens is 4. The number of amides is 3. The van der Waals surface area contributed by atoms with Crippen molar-refractivity contribution in [3.05, 3.63) is 28.8 Å². The zero-order valence-corrected chi connectivity index (χ0v) is 17.0. The van der Waals surface area contributed by atoms with Gasteiger partial charge in [-0.25, -0.2) is 13.2 Å². The maximum atomic E-state index is 13.0. The summed E-state index contributed by atoms with van der Waals surface area (Å²) in [6.45, 7) is 2.29. The molecule has 0 radical (unpaired) electrons. The average molecular weight is 457 g/mol. The number of alkyl halides is 3. The average Bonchev–Trinajstić information content (AvgIpc) is 2.61. The molecule has 2 N–H and O–H groups in total. The lowest BCUT2D eigenvalue weighted by atomic mass is 10.2. The smallest absolute Gasteiger partial charge is 0.338 e. The van der Waals surface area contributed by atoms with Gasteiger partial charge in [0.15, 0.2) is 0 Å². The molecular weight excluding hydrogens is 437 g/mol. The minimum Gasteiger partial charge on any atom is -0.338 e. The summed E-state index contributed by atoms with van der Waals surface area (Å²) in [5.41, 5.74) is -1.22. The molecule has 1 aromatic carbocycles. The van der Waals surface area contributed by atoms with Gasteiger partial charge in [-0.3, -0.25) is 15.0 Å². The SMILES string of the molecule is CCNC(=O)NC(=O)CN1CCN(S(=O)(=O)c2ccc(Cl)c(C(F)(F)F)c2)CC1. The van der Waals surface area contributed by atoms with Crippen LogP contribution in [0.3, 0.4) is 0 Å². The summed E-state index contributed by atoms with van der Waals surface area (Å²) in [4.78, 5) is 24.3. The van der Waals surface area contributed by atoms with Gasteiger partial charge in [-0.1, -0.05) is 11.6 Å². The summed E-state index contributed by atoms with van der Waals surface area (Å²) in [5, 5.41) is 3.97. The third-order valence-corrected chi connectivity index (χ3v) is 6.39. The molecule has 1 aliphatic rings. The molecule has 0 aliphatic carbocycles. The Morgan fingerprint density at radius 2 is 1.79 bits per heavy atom. The molecule has 1 heterocycles. The van der Waals surface area contributed by atoms with E-state index < -0.39 is 43.6 Å². The highest BCUT2D eigenvalue weighted by Gasteiger charge is 2.36. The van der Waals surface area contributed by atoms with Crippen molar-refractivity contribution in [2.75, 3.05) is 39.3 Å². The highest BCUT2D eigenvalue weighted by molar-refractivity contribution is 7.89. The molecule has 1 aromatic rings. The van der Waals surface area contributed by atoms with Crippen LogP contribution in [0.15, 0.2) is 23.1 Å². The standard InChI is InChI=1S/C16H20ClF3N4O4S/c1-2-21-15(26)22-14(25)10-23-5-7-24(8-6-23)29(27,28)11-3-4-13(17)12(9-11)16(18,19)20/h3-4,9H,2,5-8,10H2,1H3,(H2,21,22,25,26). The molecule has 0 unspecified atom stereocenters. The molecule has 162 valence electrons. The summed E-state index contributed by atoms with van der Waals surface area (Å²) < 4.78 is 65.4. The zero-order valence-electron chi connectivity index (χ0n) is 15.4. The van der Waals surface area contributed by atoms with Crippen LogP contribution >= 0.6 is 11.6 Å². The summed E-state index contributed by atoms with van der Waals surface area (Å²) in [6.07, 6.45) is -4.78. The fourth-order valence-electron chi connectivity index (χ4n) is 2.73. The number of hydrogen-bond donors (Lipinski definition) is 2. The fourth-order valence-corrected chi connectivity index (χ4v) is 4.41. The van der Waals surface area contributed by atoms with Crippen LogP contribution in [0, 0.1) is 0 Å². The van der Waals surface area contributed by atoms with Crippen molar-refractivity contribution in [2.45, 2.75) is 18.0 Å². The molecule has 0 spiro atoms. The van der Waals surface area contributed by atoms with Gasteiger partial charge in [0.2, 0.25) is 15.9 Å². The normalized spacial score (nSPS) is 16.4. The number of carbonyl (C=O) groups is 2. The summed E-state index contributed by atoms with van der Waals surface area (Å²) in [5.74, 6) is -0.542. The van der Waals surface area contributed by atoms with Crippen LogP contribution in [0.2, 0.25) is 5.02 Å². The molecule has 2 rings (SSSR count). The maximum Gasteiger partial charge on any atom is 0.417 e. The van der Waals surface area contributed by atoms with Gasteiger partial charge in [0.1, 0.15) is 0 Å². The van der Waals surface area contributed by atoms with E-state index in [0.29, 0.717) is 12.6 Å². The van der Waals surface area contributed by atoms with E-state index in [0.717, 1.165) is 16.4 Å². The number of hydrogen-bond acceptors (Lipinski definition) is 5. The van der Waals surface area contributed by atoms with Gasteiger partial charge in [-0.2, -0.15) is 17.5 Å². The molecule has 13 heteroatoms. The number of sulfonamides is 1. The Hall–Kier alpha value is -1.89. The van der Waals surface area contributed by atoms with Gasteiger partial charge in [-0.15, -0.1) is 0 Å². The fraction of sp³-hybridized carbons (Fsp3) is 0.500. The quantitative estimate of drug-likeness (QED) is 0.700. The van der Waals surface area contributed by atoms with Crippen LogP contribution in [-0.2, 0) is 21.0 Å². The maximum absolute atomic E-state index is 13.0. The summed E-state index contributed by atoms with van der Waals surface area (Å²) >= 11 is 5.54. The Kier molecular flexibility index (Phi) is 7.49. The monoisotopic (exact) mass is 456 g/mol. The van der Waals surface area contributed by atoms with Gasteiger partial charge in [0.25, 0.3) is 0 Å². The third kappa shape index (κ3) is 6.04. The number of rotatable bonds is 5. The number of nitrogens with one attached hydrogen (secondary N) is 2. The topological polar surface area (TPSA) is 98.8 Å². The molecule has 0 aromatic heterocycles. The lowest BCUT2D eigenvalue weighted by molar-refractivity contribution is -0.137. The molecule has 0 saturated carbocycles. The van der Waals surface area contributed by atoms with Gasteiger partial charge >= 0.3 is 12.2 Å². The zero-order chi connectivity index (χ0) is 21.8. The Morgan fingerprint density at radius 1 is 1.17 bits per heavy atom. The number of piperazine rings is 1. The first-order valence-electron chi connectivity index (χ1n) is 8.62. The minimum atomic E-state index is -4.78. The molecule has 1 fully saturated rings. The molecule has 1 aliphatic heterocycles. The second-order valence-electron chi connectivity index (χ2n) is 6.23. The Labute approximate surface area is 171 Å². The van der Waals surface area contributed by atoms with Crippen LogP contribution in [0.4, 0.5) is 18.0 Å². The number of benzene rings is 1. The molecule has 29 heavy (non-hydrogen) atoms. The van der Waals surface area contributed by atoms with E-state index in [1.165, 1.54) is 0 Å². The van der Waals surface area contributed by atoms with Crippen molar-refractivity contribution in [1.29, 1.82) is 0 Å². The Balaban J connectivity index is 2.01. The molecule has 3 amide bonds. The molecule has 0 atom stereocenters. The van der Waals surface area contributed by atoms with Gasteiger partial charge in [0, 0.05) is 32.7 Å². The highest BCUT2D eigenvalue weighted by atomic mass is 35.5. The third-order valence-electron chi connectivity index (χ3n) is 4.17. The van der Waals surface area contributed by atoms with Crippen molar-refractivity contribution in [3.8, 4) is 0 Å². The largest absolute Gasteiger partial charge is 0.417 e. The van der Waals surface area contributed by atoms with Gasteiger partial charge in [-0.05, 0) is 25.1 Å². The van der Waals surface area contributed by atoms with E-state index in [1.807, 2.05) is 0 Å². The van der Waals surface area contributed by atoms with Crippen molar-refractivity contribution in [2.24, 2.45) is 0 Å². The molecule has 0 bridgehead atoms. The molecular formula is C16H20ClF3N4O4S. The number of imide groups is 1. The number of carbonyl (C=O) groups excluding carboxylic acids is 2. The van der Waals surface area contributed by atoms with E-state index in [4.69, 9.17) is 11.6 Å². The van der Waals surface area contributed by atoms with Crippen molar-refractivity contribution in [1.82, 2.24) is 19.8 Å². The molecule has 8 nitrogen and oxygen atoms in total. The second kappa shape index (κ2) is 9.28. The van der Waals surface area contributed by atoms with Crippen LogP contribution < -0.4 is 10.6 Å². The first-order valence-corrected chi connectivity index (χ1v) is 10.4. The predicted octanol–water partition coefficient (Wildman–Crippen LogP) is 1.51. The van der Waals surface area contributed by atoms with Crippen LogP contribution in [0.5, 0.6) is 0 Å². The summed E-state index contributed by atoms with van der Waals surface area (Å²) in [6, 6.07) is 1.82. The predicted molar refractivity (Wildman–Crippen MR) is 98.9 cm³/mol. The van der Waals surface area contributed by atoms with E-state index in [9.17, 15) is 31.2 Å². The summed E-state index contributed by atoms with van der Waals surface area (Å²) in [7, 11) is -4.16. The van der Waals surface area contributed by atoms with Gasteiger partial charge < -0.3 is 5.32 Å². The van der Waals surface area contributed by atoms with Crippen LogP contribution in [0.1, 0.15) is 12.5 Å². The van der Waals surface area contributed by atoms with E-state index in [2.05, 4.69) is 10.6 Å². The van der Waals surface area contributed by atoms with Crippen molar-refractivity contribution in [3.63, 3.8) is 0 Å². The van der Waals surface area contributed by atoms with E-state index in [-0.39, 0.29) is 32.7 Å². The van der Waals surface area contributed by atoms with Gasteiger partial charge in [0.05, 0.1) is 22.0 Å². The minimum absolute atomic E-state index is 0.0131. The Bertz CT molecular complexity index is 871. The van der Waals surface area contributed by atoms with Crippen molar-refractivity contribution >= 4 is 33.6 Å². The second-order valence-corrected chi connectivity index (χ2v) is 8.57. The van der Waals surface area contributed by atoms with E-state index in [1.54, 1.807) is 11.8 Å². The Morgan fingerprint density at radius 3 is 2.34 bits per heavy atom. The van der Waals surface area contributed by atoms with Crippen molar-refractivity contribution < 1.29 is 31.2 Å². The molecule has 1 saturated heterocycles. The highest BCUT2D eigenvalue weighted by Crippen LogP contribution is 2.36. The number of urea groups is 1. The van der Waals surface area contributed by atoms with Crippen LogP contribution in [-0.4, -0.2) is 68.8 Å². The lowest BCUT2D eigenvalue weighted by Gasteiger charge is -2.33. The van der Waals surface area contributed by atoms with E-state index >= 15 is 0 Å². The first kappa shape index (κ1) is 23.4. The first-order chi connectivity index (χ1) is 13.4. The number of nitrogens with zero attached hydrogens (tertiary/aromatic N) is 2. The lowest BCUT2D eigenvalue weighted by Crippen LogP contribution is -2.52. The van der Waals surface area contributed by atoms with Crippen LogP contribution in [0.25, 0.3) is 0 Å².